The van der Waals surface area contributed by atoms with Crippen molar-refractivity contribution in [3.63, 3.8) is 0 Å². The van der Waals surface area contributed by atoms with Gasteiger partial charge < -0.3 is 20.7 Å². The van der Waals surface area contributed by atoms with Crippen molar-refractivity contribution < 1.29 is 32.3 Å². The van der Waals surface area contributed by atoms with Crippen molar-refractivity contribution in [2.24, 2.45) is 5.73 Å². The van der Waals surface area contributed by atoms with Crippen molar-refractivity contribution in [1.29, 1.82) is 0 Å². The fraction of sp³-hybridized carbons (Fsp3) is 0.261. The minimum atomic E-state index is -4.83. The molecule has 2 heterocycles. The lowest BCUT2D eigenvalue weighted by atomic mass is 10.0. The molecule has 0 saturated carbocycles. The first-order valence-electron chi connectivity index (χ1n) is 10.5. The van der Waals surface area contributed by atoms with Crippen LogP contribution in [-0.2, 0) is 11.2 Å². The van der Waals surface area contributed by atoms with Crippen molar-refractivity contribution in [2.45, 2.75) is 31.7 Å². The molecule has 0 spiro atoms. The van der Waals surface area contributed by atoms with Gasteiger partial charge in [0.05, 0.1) is 17.2 Å². The maximum atomic E-state index is 13.0. The van der Waals surface area contributed by atoms with Gasteiger partial charge in [-0.2, -0.15) is 0 Å². The summed E-state index contributed by atoms with van der Waals surface area (Å²) in [5, 5.41) is 3.36. The molecule has 1 aliphatic rings. The lowest BCUT2D eigenvalue weighted by Crippen LogP contribution is -2.43. The van der Waals surface area contributed by atoms with Crippen LogP contribution < -0.4 is 15.8 Å². The average Bonchev–Trinajstić information content (AvgIpc) is 3.38. The molecule has 4 rings (SSSR count). The number of ether oxygens (including phenoxy) is 1. The summed E-state index contributed by atoms with van der Waals surface area (Å²) in [5.41, 5.74) is 6.66. The molecule has 3 amide bonds. The molecule has 1 saturated heterocycles. The van der Waals surface area contributed by atoms with Crippen molar-refractivity contribution in [3.8, 4) is 5.75 Å². The zero-order valence-corrected chi connectivity index (χ0v) is 17.8. The standard InChI is InChI=1S/C23H21F3N4O4/c24-23(25,26)34-15-6-3-5-14(11-15)12-20(31)19-9-4-10-29(19)22(33)28-17-13-30(21(27)32)18-8-2-1-7-16(17)18/h1-3,5-8,11,13,19H,4,9-10,12H2,(H2,27,32)(H,28,33)/t19-/m1/s1. The van der Waals surface area contributed by atoms with Crippen LogP contribution in [0.1, 0.15) is 18.4 Å². The van der Waals surface area contributed by atoms with E-state index in [1.54, 1.807) is 24.3 Å². The van der Waals surface area contributed by atoms with Crippen molar-refractivity contribution in [2.75, 3.05) is 11.9 Å². The number of aromatic nitrogens is 1. The van der Waals surface area contributed by atoms with Gasteiger partial charge in [-0.25, -0.2) is 9.59 Å². The van der Waals surface area contributed by atoms with Gasteiger partial charge >= 0.3 is 18.4 Å². The second kappa shape index (κ2) is 9.08. The monoisotopic (exact) mass is 474 g/mol. The van der Waals surface area contributed by atoms with E-state index < -0.39 is 30.2 Å². The summed E-state index contributed by atoms with van der Waals surface area (Å²) in [6, 6.07) is 10.2. The Kier molecular flexibility index (Phi) is 6.18. The van der Waals surface area contributed by atoms with E-state index in [1.807, 2.05) is 0 Å². The number of carbonyl (C=O) groups is 3. The Morgan fingerprint density at radius 1 is 1.12 bits per heavy atom. The highest BCUT2D eigenvalue weighted by atomic mass is 19.4. The highest BCUT2D eigenvalue weighted by Gasteiger charge is 2.35. The number of likely N-dealkylation sites (tertiary alicyclic amines) is 1. The van der Waals surface area contributed by atoms with Crippen LogP contribution in [0.5, 0.6) is 5.75 Å². The van der Waals surface area contributed by atoms with E-state index in [2.05, 4.69) is 10.1 Å². The Labute approximate surface area is 192 Å². The molecule has 2 aromatic carbocycles. The Morgan fingerprint density at radius 2 is 1.88 bits per heavy atom. The fourth-order valence-corrected chi connectivity index (χ4v) is 4.16. The summed E-state index contributed by atoms with van der Waals surface area (Å²) in [6.07, 6.45) is -2.52. The van der Waals surface area contributed by atoms with Gasteiger partial charge in [0.2, 0.25) is 0 Å². The van der Waals surface area contributed by atoms with Gasteiger partial charge in [0, 0.05) is 24.5 Å². The number of Topliss-reactive ketones (excluding diaryl/α,β-unsaturated/α-hetero) is 1. The Bertz CT molecular complexity index is 1250. The normalized spacial score (nSPS) is 16.0. The quantitative estimate of drug-likeness (QED) is 0.576. The second-order valence-electron chi connectivity index (χ2n) is 7.89. The number of rotatable bonds is 5. The fourth-order valence-electron chi connectivity index (χ4n) is 4.16. The molecular weight excluding hydrogens is 453 g/mol. The molecule has 1 aromatic heterocycles. The highest BCUT2D eigenvalue weighted by molar-refractivity contribution is 6.05. The van der Waals surface area contributed by atoms with Crippen LogP contribution >= 0.6 is 0 Å². The number of anilines is 1. The molecule has 3 N–H and O–H groups in total. The number of fused-ring (bicyclic) bond motifs is 1. The second-order valence-corrected chi connectivity index (χ2v) is 7.89. The van der Waals surface area contributed by atoms with Crippen LogP contribution in [0.3, 0.4) is 0 Å². The van der Waals surface area contributed by atoms with Crippen LogP contribution in [0, 0.1) is 0 Å². The number of nitrogens with zero attached hydrogens (tertiary/aromatic N) is 2. The number of nitrogens with one attached hydrogen (secondary N) is 1. The third-order valence-corrected chi connectivity index (χ3v) is 5.59. The van der Waals surface area contributed by atoms with E-state index in [-0.39, 0.29) is 12.2 Å². The van der Waals surface area contributed by atoms with E-state index in [0.29, 0.717) is 41.5 Å². The maximum absolute atomic E-state index is 13.0. The van der Waals surface area contributed by atoms with Gasteiger partial charge in [-0.05, 0) is 36.6 Å². The third-order valence-electron chi connectivity index (χ3n) is 5.59. The zero-order valence-electron chi connectivity index (χ0n) is 17.8. The minimum Gasteiger partial charge on any atom is -0.406 e. The maximum Gasteiger partial charge on any atom is 0.573 e. The number of urea groups is 1. The molecule has 0 radical (unpaired) electrons. The molecule has 0 bridgehead atoms. The predicted octanol–water partition coefficient (Wildman–Crippen LogP) is 4.27. The molecule has 3 aromatic rings. The predicted molar refractivity (Wildman–Crippen MR) is 118 cm³/mol. The molecule has 34 heavy (non-hydrogen) atoms. The lowest BCUT2D eigenvalue weighted by Gasteiger charge is -2.24. The molecular formula is C23H21F3N4O4. The van der Waals surface area contributed by atoms with Crippen molar-refractivity contribution in [3.05, 3.63) is 60.3 Å². The number of alkyl halides is 3. The largest absolute Gasteiger partial charge is 0.573 e. The molecule has 1 fully saturated rings. The van der Waals surface area contributed by atoms with Gasteiger partial charge in [-0.3, -0.25) is 9.36 Å². The van der Waals surface area contributed by atoms with Gasteiger partial charge in [-0.15, -0.1) is 13.2 Å². The topological polar surface area (TPSA) is 107 Å². The first-order chi connectivity index (χ1) is 16.1. The zero-order chi connectivity index (χ0) is 24.5. The minimum absolute atomic E-state index is 0.148. The van der Waals surface area contributed by atoms with E-state index in [9.17, 15) is 27.6 Å². The number of hydrogen-bond donors (Lipinski definition) is 2. The molecule has 0 unspecified atom stereocenters. The summed E-state index contributed by atoms with van der Waals surface area (Å²) in [7, 11) is 0. The summed E-state index contributed by atoms with van der Waals surface area (Å²) >= 11 is 0. The van der Waals surface area contributed by atoms with Gasteiger partial charge in [-0.1, -0.05) is 30.3 Å². The molecule has 1 atom stereocenters. The Hall–Kier alpha value is -4.02. The molecule has 178 valence electrons. The lowest BCUT2D eigenvalue weighted by molar-refractivity contribution is -0.274. The van der Waals surface area contributed by atoms with Gasteiger partial charge in [0.25, 0.3) is 0 Å². The first kappa shape index (κ1) is 23.1. The molecule has 0 aliphatic carbocycles. The van der Waals surface area contributed by atoms with Crippen LogP contribution in [0.4, 0.5) is 28.4 Å². The number of benzene rings is 2. The summed E-state index contributed by atoms with van der Waals surface area (Å²) in [6.45, 7) is 0.341. The Balaban J connectivity index is 1.48. The van der Waals surface area contributed by atoms with Gasteiger partial charge in [0.1, 0.15) is 5.75 Å². The number of para-hydroxylation sites is 1. The van der Waals surface area contributed by atoms with Crippen molar-refractivity contribution >= 4 is 34.4 Å². The van der Waals surface area contributed by atoms with E-state index in [0.717, 1.165) is 12.1 Å². The van der Waals surface area contributed by atoms with E-state index >= 15 is 0 Å². The van der Waals surface area contributed by atoms with Crippen LogP contribution in [-0.4, -0.2) is 46.3 Å². The number of hydrogen-bond acceptors (Lipinski definition) is 4. The van der Waals surface area contributed by atoms with Gasteiger partial charge in [0.15, 0.2) is 5.78 Å². The number of ketones is 1. The summed E-state index contributed by atoms with van der Waals surface area (Å²) < 4.78 is 42.6. The smallest absolute Gasteiger partial charge is 0.406 e. The number of halogens is 3. The van der Waals surface area contributed by atoms with Crippen LogP contribution in [0.2, 0.25) is 0 Å². The summed E-state index contributed by atoms with van der Waals surface area (Å²) in [5.74, 6) is -0.707. The number of primary amides is 1. The third kappa shape index (κ3) is 4.98. The van der Waals surface area contributed by atoms with Crippen LogP contribution in [0.25, 0.3) is 10.9 Å². The molecule has 8 nitrogen and oxygen atoms in total. The Morgan fingerprint density at radius 3 is 2.62 bits per heavy atom. The van der Waals surface area contributed by atoms with Crippen LogP contribution in [0.15, 0.2) is 54.7 Å². The molecule has 1 aliphatic heterocycles. The van der Waals surface area contributed by atoms with Crippen molar-refractivity contribution in [1.82, 2.24) is 9.47 Å². The van der Waals surface area contributed by atoms with E-state index in [1.165, 1.54) is 27.8 Å². The first-order valence-corrected chi connectivity index (χ1v) is 10.5. The highest BCUT2D eigenvalue weighted by Crippen LogP contribution is 2.28. The summed E-state index contributed by atoms with van der Waals surface area (Å²) in [4.78, 5) is 39.1. The number of nitrogens with two attached hydrogens (primary N) is 1. The molecule has 11 heteroatoms. The number of carbonyl (C=O) groups excluding carboxylic acids is 3. The SMILES string of the molecule is NC(=O)n1cc(NC(=O)N2CCC[C@@H]2C(=O)Cc2cccc(OC(F)(F)F)c2)c2ccccc21. The number of amides is 3. The average molecular weight is 474 g/mol. The van der Waals surface area contributed by atoms with E-state index in [4.69, 9.17) is 5.73 Å².